The average molecular weight is 426 g/mol. The van der Waals surface area contributed by atoms with E-state index in [2.05, 4.69) is 9.97 Å². The first-order valence-corrected chi connectivity index (χ1v) is 10.4. The van der Waals surface area contributed by atoms with Crippen LogP contribution >= 0.6 is 0 Å². The number of hydrogen-bond acceptors (Lipinski definition) is 4. The molecule has 0 bridgehead atoms. The summed E-state index contributed by atoms with van der Waals surface area (Å²) >= 11 is 0. The van der Waals surface area contributed by atoms with Crippen LogP contribution in [0.15, 0.2) is 88.9 Å². The second-order valence-corrected chi connectivity index (χ2v) is 8.36. The molecule has 0 unspecified atom stereocenters. The Morgan fingerprint density at radius 2 is 1.73 bits per heavy atom. The minimum Gasteiger partial charge on any atom is -0.486 e. The molecular weight excluding hydrogens is 410 g/mol. The van der Waals surface area contributed by atoms with Gasteiger partial charge in [0.05, 0.1) is 9.79 Å². The number of sulfone groups is 1. The number of nitrogens with zero attached hydrogens (tertiary/aromatic N) is 1. The van der Waals surface area contributed by atoms with Gasteiger partial charge in [0.15, 0.2) is 11.6 Å². The van der Waals surface area contributed by atoms with Crippen LogP contribution in [0.2, 0.25) is 0 Å². The largest absolute Gasteiger partial charge is 0.486 e. The van der Waals surface area contributed by atoms with Crippen molar-refractivity contribution in [1.82, 2.24) is 9.97 Å². The molecule has 4 aromatic rings. The standard InChI is InChI=1S/C22H16F2N2O3S/c23-16-7-10-20(19(24)13-16)29-14-15-5-8-17(9-6-15)30(27,28)21-4-2-1-3-18(21)22-25-11-12-26-22/h1-13H,14H2,(H,25,26). The number of rotatable bonds is 6. The van der Waals surface area contributed by atoms with Gasteiger partial charge in [0.1, 0.15) is 18.2 Å². The van der Waals surface area contributed by atoms with Gasteiger partial charge in [-0.2, -0.15) is 0 Å². The minimum atomic E-state index is -3.79. The number of aromatic nitrogens is 2. The summed E-state index contributed by atoms with van der Waals surface area (Å²) < 4.78 is 58.3. The van der Waals surface area contributed by atoms with Crippen molar-refractivity contribution in [1.29, 1.82) is 0 Å². The molecule has 1 aromatic heterocycles. The van der Waals surface area contributed by atoms with Crippen molar-refractivity contribution in [2.45, 2.75) is 16.4 Å². The maximum atomic E-state index is 13.7. The summed E-state index contributed by atoms with van der Waals surface area (Å²) in [5.74, 6) is -1.12. The SMILES string of the molecule is O=S(=O)(c1ccc(COc2ccc(F)cc2F)cc1)c1ccccc1-c1ncc[nH]1. The molecule has 5 nitrogen and oxygen atoms in total. The zero-order valence-electron chi connectivity index (χ0n) is 15.5. The fourth-order valence-corrected chi connectivity index (χ4v) is 4.41. The predicted octanol–water partition coefficient (Wildman–Crippen LogP) is 4.77. The molecule has 1 N–H and O–H groups in total. The molecule has 30 heavy (non-hydrogen) atoms. The highest BCUT2D eigenvalue weighted by Crippen LogP contribution is 2.30. The van der Waals surface area contributed by atoms with Gasteiger partial charge in [0.2, 0.25) is 9.84 Å². The third-order valence-corrected chi connectivity index (χ3v) is 6.28. The van der Waals surface area contributed by atoms with Crippen LogP contribution in [0.5, 0.6) is 5.75 Å². The number of aromatic amines is 1. The number of hydrogen-bond donors (Lipinski definition) is 1. The molecule has 4 rings (SSSR count). The van der Waals surface area contributed by atoms with Crippen molar-refractivity contribution in [3.05, 3.63) is 96.3 Å². The summed E-state index contributed by atoms with van der Waals surface area (Å²) in [6.45, 7) is 0.00582. The lowest BCUT2D eigenvalue weighted by molar-refractivity contribution is 0.289. The van der Waals surface area contributed by atoms with E-state index in [0.29, 0.717) is 17.0 Å². The second kappa shape index (κ2) is 8.08. The van der Waals surface area contributed by atoms with Crippen LogP contribution in [0.4, 0.5) is 8.78 Å². The molecule has 0 saturated heterocycles. The molecule has 1 heterocycles. The lowest BCUT2D eigenvalue weighted by Crippen LogP contribution is -2.05. The van der Waals surface area contributed by atoms with Crippen LogP contribution in [0, 0.1) is 11.6 Å². The van der Waals surface area contributed by atoms with Gasteiger partial charge >= 0.3 is 0 Å². The normalized spacial score (nSPS) is 11.4. The third kappa shape index (κ3) is 3.95. The van der Waals surface area contributed by atoms with E-state index in [9.17, 15) is 17.2 Å². The monoisotopic (exact) mass is 426 g/mol. The highest BCUT2D eigenvalue weighted by atomic mass is 32.2. The summed E-state index contributed by atoms with van der Waals surface area (Å²) in [5, 5.41) is 0. The van der Waals surface area contributed by atoms with Gasteiger partial charge in [-0.1, -0.05) is 24.3 Å². The van der Waals surface area contributed by atoms with Crippen molar-refractivity contribution in [3.8, 4) is 17.1 Å². The van der Waals surface area contributed by atoms with Crippen LogP contribution in [-0.2, 0) is 16.4 Å². The Hall–Kier alpha value is -3.52. The molecule has 3 aromatic carbocycles. The van der Waals surface area contributed by atoms with Crippen molar-refractivity contribution in [3.63, 3.8) is 0 Å². The highest BCUT2D eigenvalue weighted by molar-refractivity contribution is 7.91. The molecule has 0 saturated carbocycles. The zero-order valence-corrected chi connectivity index (χ0v) is 16.4. The van der Waals surface area contributed by atoms with E-state index in [4.69, 9.17) is 4.74 Å². The van der Waals surface area contributed by atoms with Gasteiger partial charge < -0.3 is 9.72 Å². The first-order valence-electron chi connectivity index (χ1n) is 8.96. The fourth-order valence-electron chi connectivity index (χ4n) is 2.95. The Labute approximate surface area is 171 Å². The Bertz CT molecular complexity index is 1270. The van der Waals surface area contributed by atoms with Gasteiger partial charge in [0, 0.05) is 24.0 Å². The molecule has 152 valence electrons. The van der Waals surface area contributed by atoms with Gasteiger partial charge in [-0.05, 0) is 42.0 Å². The second-order valence-electron chi connectivity index (χ2n) is 6.44. The predicted molar refractivity (Wildman–Crippen MR) is 107 cm³/mol. The van der Waals surface area contributed by atoms with Gasteiger partial charge in [-0.3, -0.25) is 0 Å². The average Bonchev–Trinajstić information content (AvgIpc) is 3.28. The zero-order chi connectivity index (χ0) is 21.1. The topological polar surface area (TPSA) is 72.1 Å². The fraction of sp³-hybridized carbons (Fsp3) is 0.0455. The first kappa shape index (κ1) is 19.8. The van der Waals surface area contributed by atoms with Crippen LogP contribution in [-0.4, -0.2) is 18.4 Å². The smallest absolute Gasteiger partial charge is 0.207 e. The van der Waals surface area contributed by atoms with Crippen molar-refractivity contribution >= 4 is 9.84 Å². The molecule has 0 aliphatic heterocycles. The number of nitrogens with one attached hydrogen (secondary N) is 1. The third-order valence-electron chi connectivity index (χ3n) is 4.45. The van der Waals surface area contributed by atoms with E-state index >= 15 is 0 Å². The van der Waals surface area contributed by atoms with Crippen LogP contribution in [0.25, 0.3) is 11.4 Å². The van der Waals surface area contributed by atoms with Gasteiger partial charge in [0.25, 0.3) is 0 Å². The van der Waals surface area contributed by atoms with E-state index in [1.54, 1.807) is 42.7 Å². The summed E-state index contributed by atoms with van der Waals surface area (Å²) in [7, 11) is -3.79. The molecule has 0 fully saturated rings. The molecule has 0 radical (unpaired) electrons. The van der Waals surface area contributed by atoms with Crippen molar-refractivity contribution < 1.29 is 21.9 Å². The Morgan fingerprint density at radius 1 is 0.967 bits per heavy atom. The number of benzene rings is 3. The number of imidazole rings is 1. The summed E-state index contributed by atoms with van der Waals surface area (Å²) in [5.41, 5.74) is 1.11. The quantitative estimate of drug-likeness (QED) is 0.482. The van der Waals surface area contributed by atoms with Gasteiger partial charge in [-0.15, -0.1) is 0 Å². The lowest BCUT2D eigenvalue weighted by atomic mass is 10.2. The molecule has 0 aliphatic rings. The number of ether oxygens (including phenoxy) is 1. The molecule has 8 heteroatoms. The minimum absolute atomic E-state index is 0.00582. The number of H-pyrrole nitrogens is 1. The summed E-state index contributed by atoms with van der Waals surface area (Å²) in [6, 6.07) is 15.8. The van der Waals surface area contributed by atoms with Gasteiger partial charge in [-0.25, -0.2) is 22.2 Å². The van der Waals surface area contributed by atoms with Crippen LogP contribution < -0.4 is 4.74 Å². The summed E-state index contributed by atoms with van der Waals surface area (Å²) in [4.78, 5) is 7.31. The van der Waals surface area contributed by atoms with Crippen LogP contribution in [0.1, 0.15) is 5.56 Å². The summed E-state index contributed by atoms with van der Waals surface area (Å²) in [6.07, 6.45) is 3.18. The Kier molecular flexibility index (Phi) is 5.33. The van der Waals surface area contributed by atoms with E-state index in [0.717, 1.165) is 12.1 Å². The number of halogens is 2. The lowest BCUT2D eigenvalue weighted by Gasteiger charge is -2.11. The van der Waals surface area contributed by atoms with E-state index < -0.39 is 21.5 Å². The van der Waals surface area contributed by atoms with E-state index in [-0.39, 0.29) is 22.1 Å². The first-order chi connectivity index (χ1) is 14.4. The van der Waals surface area contributed by atoms with Crippen molar-refractivity contribution in [2.75, 3.05) is 0 Å². The molecule has 0 amide bonds. The maximum absolute atomic E-state index is 13.7. The molecule has 0 atom stereocenters. The maximum Gasteiger partial charge on any atom is 0.207 e. The van der Waals surface area contributed by atoms with E-state index in [1.807, 2.05) is 0 Å². The Morgan fingerprint density at radius 3 is 2.43 bits per heavy atom. The van der Waals surface area contributed by atoms with Crippen molar-refractivity contribution in [2.24, 2.45) is 0 Å². The molecule has 0 spiro atoms. The highest BCUT2D eigenvalue weighted by Gasteiger charge is 2.22. The Balaban J connectivity index is 1.57. The molecule has 0 aliphatic carbocycles. The van der Waals surface area contributed by atoms with E-state index in [1.165, 1.54) is 24.3 Å². The molecular formula is C22H16F2N2O3S. The van der Waals surface area contributed by atoms with Crippen LogP contribution in [0.3, 0.4) is 0 Å².